The van der Waals surface area contributed by atoms with Gasteiger partial charge in [0.1, 0.15) is 11.5 Å². The molecule has 29 heavy (non-hydrogen) atoms. The van der Waals surface area contributed by atoms with E-state index >= 15 is 0 Å². The first-order valence-corrected chi connectivity index (χ1v) is 10.6. The summed E-state index contributed by atoms with van der Waals surface area (Å²) in [4.78, 5) is 22.3. The second-order valence-corrected chi connectivity index (χ2v) is 8.53. The molecule has 0 radical (unpaired) electrons. The number of allylic oxidation sites excluding steroid dienone is 1. The fourth-order valence-electron chi connectivity index (χ4n) is 4.43. The van der Waals surface area contributed by atoms with Crippen molar-refractivity contribution in [2.45, 2.75) is 65.2 Å². The second-order valence-electron chi connectivity index (χ2n) is 8.53. The summed E-state index contributed by atoms with van der Waals surface area (Å²) in [5, 5.41) is 3.03. The van der Waals surface area contributed by atoms with E-state index < -0.39 is 0 Å². The Labute approximate surface area is 171 Å². The highest BCUT2D eigenvalue weighted by Gasteiger charge is 2.23. The van der Waals surface area contributed by atoms with Crippen LogP contribution in [0.25, 0.3) is 17.3 Å². The summed E-state index contributed by atoms with van der Waals surface area (Å²) < 4.78 is 13.6. The Kier molecular flexibility index (Phi) is 5.74. The Morgan fingerprint density at radius 2 is 1.97 bits per heavy atom. The highest BCUT2D eigenvalue weighted by atomic mass is 19.1. The minimum absolute atomic E-state index is 0.0211. The van der Waals surface area contributed by atoms with Gasteiger partial charge in [-0.2, -0.15) is 0 Å². The number of carbonyl (C=O) groups is 1. The molecule has 2 aliphatic rings. The van der Waals surface area contributed by atoms with E-state index in [1.54, 1.807) is 12.1 Å². The third-order valence-corrected chi connectivity index (χ3v) is 5.83. The maximum atomic E-state index is 13.6. The van der Waals surface area contributed by atoms with Crippen LogP contribution in [0.2, 0.25) is 0 Å². The van der Waals surface area contributed by atoms with Gasteiger partial charge in [-0.05, 0) is 75.3 Å². The molecule has 0 saturated heterocycles. The zero-order valence-corrected chi connectivity index (χ0v) is 17.2. The fourth-order valence-corrected chi connectivity index (χ4v) is 4.43. The van der Waals surface area contributed by atoms with Gasteiger partial charge in [0, 0.05) is 12.0 Å². The van der Waals surface area contributed by atoms with Gasteiger partial charge >= 0.3 is 0 Å². The lowest BCUT2D eigenvalue weighted by atomic mass is 9.87. The lowest BCUT2D eigenvalue weighted by molar-refractivity contribution is -0.117. The molecule has 1 amide bonds. The summed E-state index contributed by atoms with van der Waals surface area (Å²) in [6, 6.07) is 4.83. The Hall–Kier alpha value is -2.56. The molecule has 152 valence electrons. The predicted octanol–water partition coefficient (Wildman–Crippen LogP) is 5.71. The van der Waals surface area contributed by atoms with Gasteiger partial charge in [0.2, 0.25) is 5.91 Å². The number of hydrogen-bond acceptors (Lipinski definition) is 3. The number of nitrogens with one attached hydrogen (secondary N) is 1. The molecular formula is C24H28FN3O. The van der Waals surface area contributed by atoms with Crippen molar-refractivity contribution in [2.75, 3.05) is 5.32 Å². The number of aryl methyl sites for hydroxylation is 2. The fraction of sp³-hybridized carbons (Fsp3) is 0.458. The Morgan fingerprint density at radius 1 is 1.17 bits per heavy atom. The quantitative estimate of drug-likeness (QED) is 0.723. The van der Waals surface area contributed by atoms with E-state index in [0.717, 1.165) is 47.4 Å². The van der Waals surface area contributed by atoms with E-state index in [1.807, 2.05) is 19.9 Å². The first-order chi connectivity index (χ1) is 14.0. The third kappa shape index (κ3) is 4.55. The van der Waals surface area contributed by atoms with Crippen LogP contribution in [0.4, 0.5) is 10.2 Å². The van der Waals surface area contributed by atoms with Crippen LogP contribution in [0.15, 0.2) is 23.8 Å². The predicted molar refractivity (Wildman–Crippen MR) is 114 cm³/mol. The summed E-state index contributed by atoms with van der Waals surface area (Å²) in [6.07, 6.45) is 9.92. The van der Waals surface area contributed by atoms with Crippen molar-refractivity contribution in [1.29, 1.82) is 0 Å². The number of carbonyl (C=O) groups excluding carboxylic acids is 1. The molecule has 4 rings (SSSR count). The van der Waals surface area contributed by atoms with Gasteiger partial charge in [0.15, 0.2) is 5.82 Å². The van der Waals surface area contributed by atoms with Crippen LogP contribution in [0.3, 0.4) is 0 Å². The standard InChI is InChI=1S/C24H28FN3O/c1-15(2)12-21-24(28-22(29)13-16-6-4-3-5-7-16)27-20-11-8-17-14-18(25)9-10-19(17)23(20)26-21/h9-10,12,14,16H,3-8,11,13H2,1-2H3,(H,27,28,29). The lowest BCUT2D eigenvalue weighted by Gasteiger charge is -2.22. The van der Waals surface area contributed by atoms with Crippen molar-refractivity contribution < 1.29 is 9.18 Å². The molecule has 1 heterocycles. The van der Waals surface area contributed by atoms with Gasteiger partial charge < -0.3 is 5.32 Å². The number of benzene rings is 1. The summed E-state index contributed by atoms with van der Waals surface area (Å²) >= 11 is 0. The molecule has 4 nitrogen and oxygen atoms in total. The number of fused-ring (bicyclic) bond motifs is 3. The zero-order valence-electron chi connectivity index (χ0n) is 17.2. The van der Waals surface area contributed by atoms with E-state index in [-0.39, 0.29) is 11.7 Å². The first kappa shape index (κ1) is 19.7. The van der Waals surface area contributed by atoms with Crippen LogP contribution in [0, 0.1) is 11.7 Å². The molecule has 2 aromatic rings. The molecule has 0 spiro atoms. The lowest BCUT2D eigenvalue weighted by Crippen LogP contribution is -2.21. The van der Waals surface area contributed by atoms with Gasteiger partial charge in [-0.1, -0.05) is 24.8 Å². The van der Waals surface area contributed by atoms with Crippen LogP contribution in [-0.2, 0) is 17.6 Å². The smallest absolute Gasteiger partial charge is 0.225 e. The molecule has 2 aliphatic carbocycles. The average Bonchev–Trinajstić information content (AvgIpc) is 2.68. The van der Waals surface area contributed by atoms with Crippen LogP contribution < -0.4 is 5.32 Å². The monoisotopic (exact) mass is 393 g/mol. The number of aromatic nitrogens is 2. The molecule has 1 fully saturated rings. The van der Waals surface area contributed by atoms with Gasteiger partial charge in [0.05, 0.1) is 11.4 Å². The van der Waals surface area contributed by atoms with Crippen molar-refractivity contribution in [3.8, 4) is 11.3 Å². The van der Waals surface area contributed by atoms with Crippen LogP contribution in [0.5, 0.6) is 0 Å². The average molecular weight is 394 g/mol. The van der Waals surface area contributed by atoms with Gasteiger partial charge in [-0.25, -0.2) is 14.4 Å². The zero-order chi connectivity index (χ0) is 20.4. The second kappa shape index (κ2) is 8.44. The molecule has 0 bridgehead atoms. The highest BCUT2D eigenvalue weighted by molar-refractivity contribution is 5.92. The normalized spacial score (nSPS) is 16.0. The van der Waals surface area contributed by atoms with Crippen LogP contribution in [0.1, 0.15) is 69.3 Å². The number of anilines is 1. The number of hydrogen-bond donors (Lipinski definition) is 1. The molecule has 1 saturated carbocycles. The molecule has 1 aromatic heterocycles. The SMILES string of the molecule is CC(C)=Cc1nc2c(nc1NC(=O)CC1CCCCC1)CCc1cc(F)ccc1-2. The van der Waals surface area contributed by atoms with Crippen molar-refractivity contribution in [2.24, 2.45) is 5.92 Å². The summed E-state index contributed by atoms with van der Waals surface area (Å²) in [5.74, 6) is 0.809. The molecule has 0 unspecified atom stereocenters. The van der Waals surface area contributed by atoms with Crippen molar-refractivity contribution >= 4 is 17.8 Å². The Morgan fingerprint density at radius 3 is 2.72 bits per heavy atom. The number of nitrogens with zero attached hydrogens (tertiary/aromatic N) is 2. The maximum absolute atomic E-state index is 13.6. The van der Waals surface area contributed by atoms with Gasteiger partial charge in [-0.3, -0.25) is 4.79 Å². The van der Waals surface area contributed by atoms with E-state index in [1.165, 1.54) is 25.3 Å². The Bertz CT molecular complexity index is 957. The minimum Gasteiger partial charge on any atom is -0.309 e. The highest BCUT2D eigenvalue weighted by Crippen LogP contribution is 2.34. The minimum atomic E-state index is -0.226. The molecular weight excluding hydrogens is 365 g/mol. The maximum Gasteiger partial charge on any atom is 0.225 e. The topological polar surface area (TPSA) is 54.9 Å². The van der Waals surface area contributed by atoms with Gasteiger partial charge in [0.25, 0.3) is 0 Å². The number of rotatable bonds is 4. The Balaban J connectivity index is 1.64. The largest absolute Gasteiger partial charge is 0.309 e. The summed E-state index contributed by atoms with van der Waals surface area (Å²) in [7, 11) is 0. The number of amides is 1. The molecule has 1 aromatic carbocycles. The van der Waals surface area contributed by atoms with Crippen LogP contribution in [-0.4, -0.2) is 15.9 Å². The number of halogens is 1. The van der Waals surface area contributed by atoms with Crippen molar-refractivity contribution in [3.63, 3.8) is 0 Å². The van der Waals surface area contributed by atoms with Gasteiger partial charge in [-0.15, -0.1) is 0 Å². The van der Waals surface area contributed by atoms with E-state index in [9.17, 15) is 9.18 Å². The first-order valence-electron chi connectivity index (χ1n) is 10.6. The van der Waals surface area contributed by atoms with Crippen molar-refractivity contribution in [3.05, 3.63) is 46.5 Å². The molecule has 0 atom stereocenters. The summed E-state index contributed by atoms with van der Waals surface area (Å²) in [5.41, 5.74) is 5.30. The van der Waals surface area contributed by atoms with Crippen LogP contribution >= 0.6 is 0 Å². The molecule has 1 N–H and O–H groups in total. The summed E-state index contributed by atoms with van der Waals surface area (Å²) in [6.45, 7) is 4.00. The molecule has 5 heteroatoms. The molecule has 0 aliphatic heterocycles. The van der Waals surface area contributed by atoms with E-state index in [4.69, 9.17) is 9.97 Å². The van der Waals surface area contributed by atoms with E-state index in [0.29, 0.717) is 30.3 Å². The van der Waals surface area contributed by atoms with Crippen molar-refractivity contribution in [1.82, 2.24) is 9.97 Å². The third-order valence-electron chi connectivity index (χ3n) is 5.83. The van der Waals surface area contributed by atoms with E-state index in [2.05, 4.69) is 5.32 Å².